The maximum atomic E-state index is 10.6. The average Bonchev–Trinajstić information content (AvgIpc) is 2.83. The predicted octanol–water partition coefficient (Wildman–Crippen LogP) is 3.07. The highest BCUT2D eigenvalue weighted by Gasteiger charge is 2.05. The number of unbranched alkanes of at least 4 members (excludes halogenated alkanes) is 1. The fourth-order valence-electron chi connectivity index (χ4n) is 1.75. The Bertz CT molecular complexity index is 702. The molecule has 0 radical (unpaired) electrons. The summed E-state index contributed by atoms with van der Waals surface area (Å²) in [7, 11) is 0. The lowest BCUT2D eigenvalue weighted by molar-refractivity contribution is -0.384. The van der Waals surface area contributed by atoms with Gasteiger partial charge in [-0.1, -0.05) is 13.3 Å². The molecule has 0 aliphatic heterocycles. The van der Waals surface area contributed by atoms with Gasteiger partial charge in [0.1, 0.15) is 0 Å². The van der Waals surface area contributed by atoms with Gasteiger partial charge in [-0.25, -0.2) is 0 Å². The van der Waals surface area contributed by atoms with Crippen LogP contribution in [-0.2, 0) is 6.42 Å². The number of benzene rings is 1. The third kappa shape index (κ3) is 3.82. The van der Waals surface area contributed by atoms with Gasteiger partial charge in [-0.05, 0) is 36.3 Å². The first-order chi connectivity index (χ1) is 10.1. The molecule has 0 saturated heterocycles. The van der Waals surface area contributed by atoms with Crippen molar-refractivity contribution in [3.8, 4) is 0 Å². The molecular formula is C13H15N5O2S. The molecule has 2 aromatic rings. The Kier molecular flexibility index (Phi) is 4.94. The lowest BCUT2D eigenvalue weighted by atomic mass is 10.2. The molecule has 7 nitrogen and oxygen atoms in total. The zero-order chi connectivity index (χ0) is 15.2. The Morgan fingerprint density at radius 2 is 2.19 bits per heavy atom. The van der Waals surface area contributed by atoms with Crippen LogP contribution in [0.15, 0.2) is 29.4 Å². The minimum absolute atomic E-state index is 0.0516. The summed E-state index contributed by atoms with van der Waals surface area (Å²) in [4.78, 5) is 10.2. The molecule has 1 aromatic carbocycles. The van der Waals surface area contributed by atoms with Crippen LogP contribution in [0.3, 0.4) is 0 Å². The third-order valence-corrected chi connectivity index (χ3v) is 3.16. The van der Waals surface area contributed by atoms with Crippen molar-refractivity contribution >= 4 is 24.1 Å². The second-order valence-electron chi connectivity index (χ2n) is 4.45. The Morgan fingerprint density at radius 3 is 2.81 bits per heavy atom. The quantitative estimate of drug-likeness (QED) is 0.384. The molecule has 0 fully saturated rings. The highest BCUT2D eigenvalue weighted by molar-refractivity contribution is 7.71. The second-order valence-corrected chi connectivity index (χ2v) is 4.84. The number of hydrogen-bond donors (Lipinski definition) is 1. The van der Waals surface area contributed by atoms with E-state index < -0.39 is 4.92 Å². The van der Waals surface area contributed by atoms with Gasteiger partial charge >= 0.3 is 0 Å². The lowest BCUT2D eigenvalue weighted by Crippen LogP contribution is -1.99. The molecule has 8 heteroatoms. The minimum atomic E-state index is -0.435. The smallest absolute Gasteiger partial charge is 0.258 e. The van der Waals surface area contributed by atoms with Gasteiger partial charge in [-0.3, -0.25) is 15.2 Å². The number of aryl methyl sites for hydroxylation is 1. The summed E-state index contributed by atoms with van der Waals surface area (Å²) in [5.41, 5.74) is 0.806. The fourth-order valence-corrected chi connectivity index (χ4v) is 1.94. The largest absolute Gasteiger partial charge is 0.269 e. The van der Waals surface area contributed by atoms with E-state index in [1.807, 2.05) is 0 Å². The number of nitro groups is 1. The zero-order valence-corrected chi connectivity index (χ0v) is 12.3. The maximum Gasteiger partial charge on any atom is 0.269 e. The molecule has 0 atom stereocenters. The average molecular weight is 305 g/mol. The number of aromatic nitrogens is 3. The van der Waals surface area contributed by atoms with Crippen LogP contribution in [0.1, 0.15) is 31.2 Å². The molecule has 0 bridgehead atoms. The highest BCUT2D eigenvalue weighted by atomic mass is 32.1. The number of non-ortho nitro benzene ring substituents is 1. The van der Waals surface area contributed by atoms with E-state index in [1.165, 1.54) is 12.1 Å². The van der Waals surface area contributed by atoms with Crippen LogP contribution in [0.5, 0.6) is 0 Å². The van der Waals surface area contributed by atoms with Crippen molar-refractivity contribution in [3.05, 3.63) is 50.5 Å². The van der Waals surface area contributed by atoms with Crippen LogP contribution >= 0.6 is 12.2 Å². The van der Waals surface area contributed by atoms with E-state index in [1.54, 1.807) is 23.0 Å². The predicted molar refractivity (Wildman–Crippen MR) is 82.1 cm³/mol. The van der Waals surface area contributed by atoms with Gasteiger partial charge in [0.05, 0.1) is 11.1 Å². The van der Waals surface area contributed by atoms with Gasteiger partial charge in [0, 0.05) is 18.6 Å². The summed E-state index contributed by atoms with van der Waals surface area (Å²) in [6.07, 6.45) is 4.46. The van der Waals surface area contributed by atoms with Crippen LogP contribution in [0.4, 0.5) is 5.69 Å². The first-order valence-electron chi connectivity index (χ1n) is 6.57. The summed E-state index contributed by atoms with van der Waals surface area (Å²) in [6, 6.07) is 6.15. The number of hydrogen-bond acceptors (Lipinski definition) is 5. The summed E-state index contributed by atoms with van der Waals surface area (Å²) in [5.74, 6) is 0.778. The Labute approximate surface area is 126 Å². The second kappa shape index (κ2) is 6.89. The molecule has 0 amide bonds. The van der Waals surface area contributed by atoms with E-state index in [9.17, 15) is 10.1 Å². The zero-order valence-electron chi connectivity index (χ0n) is 11.5. The van der Waals surface area contributed by atoms with Crippen LogP contribution in [-0.4, -0.2) is 26.0 Å². The van der Waals surface area contributed by atoms with E-state index in [-0.39, 0.29) is 5.69 Å². The normalized spacial score (nSPS) is 11.1. The lowest BCUT2D eigenvalue weighted by Gasteiger charge is -1.99. The molecule has 0 unspecified atom stereocenters. The molecular weight excluding hydrogens is 290 g/mol. The van der Waals surface area contributed by atoms with Gasteiger partial charge < -0.3 is 0 Å². The molecule has 21 heavy (non-hydrogen) atoms. The van der Waals surface area contributed by atoms with Crippen molar-refractivity contribution in [1.29, 1.82) is 0 Å². The summed E-state index contributed by atoms with van der Waals surface area (Å²) < 4.78 is 2.01. The first kappa shape index (κ1) is 15.0. The molecule has 2 rings (SSSR count). The topological polar surface area (TPSA) is 89.1 Å². The van der Waals surface area contributed by atoms with Gasteiger partial charge in [-0.15, -0.1) is 0 Å². The number of rotatable bonds is 6. The van der Waals surface area contributed by atoms with Crippen molar-refractivity contribution < 1.29 is 4.92 Å². The number of nitrogens with one attached hydrogen (secondary N) is 1. The molecule has 0 aliphatic carbocycles. The number of aromatic amines is 1. The van der Waals surface area contributed by atoms with Gasteiger partial charge in [-0.2, -0.15) is 14.9 Å². The Morgan fingerprint density at radius 1 is 1.48 bits per heavy atom. The standard InChI is InChI=1S/C13H15N5O2S/c1-2-3-4-12-15-16-13(21)17(12)14-9-10-5-7-11(8-6-10)18(19)20/h5-9H,2-4H2,1H3,(H,16,21)/b14-9+. The SMILES string of the molecule is CCCCc1n[nH]c(=S)n1/N=C/c1ccc([N+](=O)[O-])cc1. The first-order valence-corrected chi connectivity index (χ1v) is 6.97. The van der Waals surface area contributed by atoms with Gasteiger partial charge in [0.2, 0.25) is 4.77 Å². The molecule has 1 aromatic heterocycles. The summed E-state index contributed by atoms with van der Waals surface area (Å²) in [5, 5.41) is 21.7. The van der Waals surface area contributed by atoms with E-state index in [0.717, 1.165) is 30.7 Å². The number of nitro benzene ring substituents is 1. The summed E-state index contributed by atoms with van der Waals surface area (Å²) in [6.45, 7) is 2.10. The van der Waals surface area contributed by atoms with E-state index >= 15 is 0 Å². The van der Waals surface area contributed by atoms with Crippen LogP contribution < -0.4 is 0 Å². The molecule has 1 heterocycles. The Balaban J connectivity index is 2.19. The van der Waals surface area contributed by atoms with Gasteiger partial charge in [0.15, 0.2) is 5.82 Å². The number of H-pyrrole nitrogens is 1. The van der Waals surface area contributed by atoms with Gasteiger partial charge in [0.25, 0.3) is 5.69 Å². The molecule has 0 spiro atoms. The minimum Gasteiger partial charge on any atom is -0.258 e. The van der Waals surface area contributed by atoms with E-state index in [0.29, 0.717) is 4.77 Å². The molecule has 1 N–H and O–H groups in total. The molecule has 0 aliphatic rings. The van der Waals surface area contributed by atoms with Crippen molar-refractivity contribution in [1.82, 2.24) is 14.9 Å². The molecule has 110 valence electrons. The van der Waals surface area contributed by atoms with E-state index in [4.69, 9.17) is 12.2 Å². The van der Waals surface area contributed by atoms with E-state index in [2.05, 4.69) is 22.2 Å². The third-order valence-electron chi connectivity index (χ3n) is 2.90. The van der Waals surface area contributed by atoms with Crippen LogP contribution in [0.2, 0.25) is 0 Å². The Hall–Kier alpha value is -2.35. The summed E-state index contributed by atoms with van der Waals surface area (Å²) >= 11 is 5.14. The van der Waals surface area contributed by atoms with Crippen molar-refractivity contribution in [2.24, 2.45) is 5.10 Å². The molecule has 0 saturated carbocycles. The van der Waals surface area contributed by atoms with Crippen LogP contribution in [0, 0.1) is 14.9 Å². The van der Waals surface area contributed by atoms with Crippen LogP contribution in [0.25, 0.3) is 0 Å². The maximum absolute atomic E-state index is 10.6. The monoisotopic (exact) mass is 305 g/mol. The highest BCUT2D eigenvalue weighted by Crippen LogP contribution is 2.11. The fraction of sp³-hybridized carbons (Fsp3) is 0.308. The van der Waals surface area contributed by atoms with Crippen molar-refractivity contribution in [2.75, 3.05) is 0 Å². The van der Waals surface area contributed by atoms with Crippen molar-refractivity contribution in [3.63, 3.8) is 0 Å². The number of nitrogens with zero attached hydrogens (tertiary/aromatic N) is 4. The van der Waals surface area contributed by atoms with Crippen molar-refractivity contribution in [2.45, 2.75) is 26.2 Å².